The van der Waals surface area contributed by atoms with Crippen molar-refractivity contribution in [1.82, 2.24) is 20.5 Å². The number of nitrogens with zero attached hydrogens (tertiary/aromatic N) is 3. The number of fused-ring (bicyclic) bond motifs is 1. The van der Waals surface area contributed by atoms with Gasteiger partial charge in [0.25, 0.3) is 11.8 Å². The van der Waals surface area contributed by atoms with E-state index in [0.717, 1.165) is 17.2 Å². The number of carbonyl (C=O) groups excluding carboxylic acids is 4. The highest BCUT2D eigenvalue weighted by Crippen LogP contribution is 2.28. The molecule has 3 heterocycles. The van der Waals surface area contributed by atoms with Crippen LogP contribution < -0.4 is 10.6 Å². The third kappa shape index (κ3) is 4.21. The quantitative estimate of drug-likeness (QED) is 0.524. The van der Waals surface area contributed by atoms with Gasteiger partial charge >= 0.3 is 5.92 Å². The second kappa shape index (κ2) is 8.35. The Morgan fingerprint density at radius 2 is 2.09 bits per heavy atom. The number of hydrogen-bond acceptors (Lipinski definition) is 7. The Morgan fingerprint density at radius 3 is 2.79 bits per heavy atom. The average molecular weight is 461 g/mol. The highest BCUT2D eigenvalue weighted by Gasteiger charge is 2.45. The molecule has 3 N–H and O–H groups in total. The number of rotatable bonds is 5. The largest absolute Gasteiger partial charge is 0.369 e. The number of aliphatic hydroxyl groups excluding tert-OH is 1. The molecule has 1 aromatic rings. The van der Waals surface area contributed by atoms with Gasteiger partial charge in [0.05, 0.1) is 0 Å². The summed E-state index contributed by atoms with van der Waals surface area (Å²) in [5.74, 6) is -6.74. The van der Waals surface area contributed by atoms with Gasteiger partial charge in [0.15, 0.2) is 6.23 Å². The number of benzene rings is 1. The van der Waals surface area contributed by atoms with Gasteiger partial charge in [-0.3, -0.25) is 29.5 Å². The van der Waals surface area contributed by atoms with E-state index < -0.39 is 35.7 Å². The van der Waals surface area contributed by atoms with Crippen LogP contribution in [0.2, 0.25) is 0 Å². The molecule has 4 amide bonds. The number of carbonyl (C=O) groups is 4. The Labute approximate surface area is 186 Å². The third-order valence-electron chi connectivity index (χ3n) is 5.72. The first-order chi connectivity index (χ1) is 15.6. The highest BCUT2D eigenvalue weighted by molar-refractivity contribution is 6.15. The fraction of sp³-hybridized carbons (Fsp3) is 0.381. The van der Waals surface area contributed by atoms with Crippen molar-refractivity contribution in [3.8, 4) is 0 Å². The van der Waals surface area contributed by atoms with Crippen LogP contribution >= 0.6 is 0 Å². The molecular weight excluding hydrogens is 440 g/mol. The Morgan fingerprint density at radius 1 is 1.33 bits per heavy atom. The van der Waals surface area contributed by atoms with Gasteiger partial charge in [0, 0.05) is 32.1 Å². The monoisotopic (exact) mass is 461 g/mol. The van der Waals surface area contributed by atoms with E-state index in [4.69, 9.17) is 0 Å². The van der Waals surface area contributed by atoms with Crippen LogP contribution in [0.25, 0.3) is 0 Å². The lowest BCUT2D eigenvalue weighted by Gasteiger charge is -2.29. The number of halogens is 2. The summed E-state index contributed by atoms with van der Waals surface area (Å²) in [6.45, 7) is -0.0849. The summed E-state index contributed by atoms with van der Waals surface area (Å²) in [5.41, 5.74) is 0.665. The summed E-state index contributed by atoms with van der Waals surface area (Å²) in [4.78, 5) is 49.7. The van der Waals surface area contributed by atoms with E-state index in [2.05, 4.69) is 15.7 Å². The number of alkyl halides is 2. The molecule has 4 rings (SSSR count). The Bertz CT molecular complexity index is 1100. The van der Waals surface area contributed by atoms with E-state index in [0.29, 0.717) is 16.7 Å². The zero-order chi connectivity index (χ0) is 23.9. The van der Waals surface area contributed by atoms with E-state index in [1.165, 1.54) is 24.1 Å². The van der Waals surface area contributed by atoms with Crippen LogP contribution in [0.5, 0.6) is 0 Å². The van der Waals surface area contributed by atoms with Crippen molar-refractivity contribution in [3.05, 3.63) is 47.0 Å². The molecule has 33 heavy (non-hydrogen) atoms. The molecule has 0 saturated carbocycles. The number of amides is 4. The van der Waals surface area contributed by atoms with Crippen molar-refractivity contribution in [3.63, 3.8) is 0 Å². The van der Waals surface area contributed by atoms with E-state index in [1.54, 1.807) is 6.07 Å². The molecule has 0 spiro atoms. The average Bonchev–Trinajstić information content (AvgIpc) is 3.09. The Balaban J connectivity index is 1.42. The summed E-state index contributed by atoms with van der Waals surface area (Å²) in [6, 6.07) is 3.91. The second-order valence-electron chi connectivity index (χ2n) is 7.98. The van der Waals surface area contributed by atoms with Gasteiger partial charge < -0.3 is 15.3 Å². The number of piperidine rings is 1. The fourth-order valence-electron chi connectivity index (χ4n) is 3.88. The number of imide groups is 1. The molecule has 1 saturated heterocycles. The molecule has 3 aliphatic rings. The van der Waals surface area contributed by atoms with Crippen LogP contribution in [0, 0.1) is 0 Å². The fourth-order valence-corrected chi connectivity index (χ4v) is 3.88. The smallest absolute Gasteiger partial charge is 0.367 e. The Hall–Kier alpha value is -3.67. The van der Waals surface area contributed by atoms with Crippen molar-refractivity contribution in [2.24, 2.45) is 5.10 Å². The summed E-state index contributed by atoms with van der Waals surface area (Å²) in [6.07, 6.45) is 1.20. The molecule has 1 aromatic carbocycles. The van der Waals surface area contributed by atoms with Gasteiger partial charge in [-0.25, -0.2) is 0 Å². The van der Waals surface area contributed by atoms with Crippen LogP contribution in [-0.2, 0) is 27.5 Å². The zero-order valence-electron chi connectivity index (χ0n) is 17.5. The van der Waals surface area contributed by atoms with Crippen molar-refractivity contribution >= 4 is 29.3 Å². The minimum atomic E-state index is -3.92. The molecule has 0 radical (unpaired) electrons. The first-order valence-corrected chi connectivity index (χ1v) is 10.2. The highest BCUT2D eigenvalue weighted by atomic mass is 19.3. The number of likely N-dealkylation sites (N-methyl/N-ethyl adjacent to an activating group) is 1. The third-order valence-corrected chi connectivity index (χ3v) is 5.72. The molecule has 1 fully saturated rings. The van der Waals surface area contributed by atoms with Crippen molar-refractivity contribution in [2.45, 2.75) is 44.1 Å². The van der Waals surface area contributed by atoms with Crippen molar-refractivity contribution < 1.29 is 33.1 Å². The summed E-state index contributed by atoms with van der Waals surface area (Å²) in [7, 11) is 1.30. The van der Waals surface area contributed by atoms with E-state index in [1.807, 2.05) is 0 Å². The summed E-state index contributed by atoms with van der Waals surface area (Å²) >= 11 is 0. The minimum absolute atomic E-state index is 0.134. The molecule has 0 bridgehead atoms. The van der Waals surface area contributed by atoms with Crippen LogP contribution in [0.1, 0.15) is 34.3 Å². The lowest BCUT2D eigenvalue weighted by atomic mass is 10.0. The topological polar surface area (TPSA) is 131 Å². The second-order valence-corrected chi connectivity index (χ2v) is 7.98. The molecule has 0 aliphatic carbocycles. The van der Waals surface area contributed by atoms with Crippen molar-refractivity contribution in [2.75, 3.05) is 7.05 Å². The zero-order valence-corrected chi connectivity index (χ0v) is 17.5. The van der Waals surface area contributed by atoms with Gasteiger partial charge in [-0.2, -0.15) is 13.9 Å². The van der Waals surface area contributed by atoms with E-state index >= 15 is 0 Å². The number of hydrogen-bond donors (Lipinski definition) is 3. The lowest BCUT2D eigenvalue weighted by Crippen LogP contribution is -2.52. The maximum atomic E-state index is 14.5. The molecule has 3 aliphatic heterocycles. The number of hydrazone groups is 1. The van der Waals surface area contributed by atoms with E-state index in [9.17, 15) is 33.1 Å². The molecule has 12 heteroatoms. The molecule has 174 valence electrons. The van der Waals surface area contributed by atoms with E-state index in [-0.39, 0.29) is 37.7 Å². The first-order valence-electron chi connectivity index (χ1n) is 10.2. The number of aliphatic hydroxyl groups is 1. The van der Waals surface area contributed by atoms with Crippen LogP contribution in [0.3, 0.4) is 0 Å². The van der Waals surface area contributed by atoms with Crippen LogP contribution in [-0.4, -0.2) is 69.6 Å². The van der Waals surface area contributed by atoms with Gasteiger partial charge in [-0.15, -0.1) is 0 Å². The first kappa shape index (κ1) is 22.5. The predicted molar refractivity (Wildman–Crippen MR) is 110 cm³/mol. The Kier molecular flexibility index (Phi) is 5.70. The maximum Gasteiger partial charge on any atom is 0.367 e. The molecule has 2 atom stereocenters. The van der Waals surface area contributed by atoms with Gasteiger partial charge in [-0.1, -0.05) is 12.1 Å². The normalized spacial score (nSPS) is 22.8. The molecular formula is C21H21F2N5O5. The summed E-state index contributed by atoms with van der Waals surface area (Å²) < 4.78 is 29.0. The summed E-state index contributed by atoms with van der Waals surface area (Å²) in [5, 5.41) is 18.3. The van der Waals surface area contributed by atoms with Crippen LogP contribution in [0.4, 0.5) is 8.78 Å². The van der Waals surface area contributed by atoms with Crippen molar-refractivity contribution in [1.29, 1.82) is 0 Å². The molecule has 2 unspecified atom stereocenters. The molecule has 10 nitrogen and oxygen atoms in total. The SMILES string of the molecule is CN1N=C(C(F)(F)C(=O)NCc2ccc3c(c2)CN(C2CCC(=O)NC2=O)C3=O)C=CC1O. The standard InChI is InChI=1S/C21H21F2N5O5/c1-27-17(30)7-5-15(26-27)21(22,23)20(33)24-9-11-2-3-13-12(8-11)10-28(19(13)32)14-4-6-16(29)25-18(14)31/h2-3,5,7-8,14,17,30H,4,6,9-10H2,1H3,(H,24,33)(H,25,29,31). The predicted octanol–water partition coefficient (Wildman–Crippen LogP) is -0.125. The maximum absolute atomic E-state index is 14.5. The minimum Gasteiger partial charge on any atom is -0.369 e. The van der Waals surface area contributed by atoms with Gasteiger partial charge in [0.2, 0.25) is 11.8 Å². The number of allylic oxidation sites excluding steroid dienone is 1. The lowest BCUT2D eigenvalue weighted by molar-refractivity contribution is -0.138. The van der Waals surface area contributed by atoms with Gasteiger partial charge in [0.1, 0.15) is 11.8 Å². The van der Waals surface area contributed by atoms with Gasteiger partial charge in [-0.05, 0) is 35.8 Å². The number of nitrogens with one attached hydrogen (secondary N) is 2. The van der Waals surface area contributed by atoms with Crippen LogP contribution in [0.15, 0.2) is 35.5 Å². The molecule has 0 aromatic heterocycles.